The van der Waals surface area contributed by atoms with Gasteiger partial charge in [-0.25, -0.2) is 17.5 Å². The summed E-state index contributed by atoms with van der Waals surface area (Å²) in [4.78, 5) is 12.2. The molecule has 5 nitrogen and oxygen atoms in total. The molecule has 122 valence electrons. The summed E-state index contributed by atoms with van der Waals surface area (Å²) in [6.07, 6.45) is -0.397. The number of rotatable bonds is 5. The Kier molecular flexibility index (Phi) is 5.23. The molecule has 0 saturated carbocycles. The first-order valence-electron chi connectivity index (χ1n) is 6.44. The highest BCUT2D eigenvalue weighted by molar-refractivity contribution is 7.89. The molecule has 0 spiro atoms. The third-order valence-corrected chi connectivity index (χ3v) is 3.63. The van der Waals surface area contributed by atoms with Crippen LogP contribution in [0.2, 0.25) is 5.02 Å². The molecule has 2 aromatic carbocycles. The summed E-state index contributed by atoms with van der Waals surface area (Å²) in [7, 11) is -3.76. The summed E-state index contributed by atoms with van der Waals surface area (Å²) < 4.78 is 43.0. The van der Waals surface area contributed by atoms with E-state index in [0.29, 0.717) is 5.56 Å². The molecule has 0 aliphatic heterocycles. The van der Waals surface area contributed by atoms with E-state index in [1.807, 2.05) is 4.72 Å². The highest BCUT2D eigenvalue weighted by atomic mass is 35.5. The molecule has 1 N–H and O–H groups in total. The lowest BCUT2D eigenvalue weighted by Crippen LogP contribution is -2.36. The largest absolute Gasteiger partial charge is 0.474 e. The zero-order valence-electron chi connectivity index (χ0n) is 12.0. The van der Waals surface area contributed by atoms with Crippen LogP contribution in [-0.4, -0.2) is 20.6 Å². The molecule has 0 heterocycles. The number of sulfonamides is 1. The number of carbonyl (C=O) groups is 1. The molecular weight excluding hydrogens is 345 g/mol. The summed E-state index contributed by atoms with van der Waals surface area (Å²) >= 11 is 5.88. The standard InChI is InChI=1S/C15H13ClFNO4S/c1-23(20,21)18-15(19)14(10-5-3-2-4-6-10)22-13-8-7-11(17)9-12(13)16/h2-9,14H,1H3,(H,18,19). The van der Waals surface area contributed by atoms with Gasteiger partial charge in [0.25, 0.3) is 5.91 Å². The maximum Gasteiger partial charge on any atom is 0.279 e. The Morgan fingerprint density at radius 1 is 1.22 bits per heavy atom. The summed E-state index contributed by atoms with van der Waals surface area (Å²) in [6.45, 7) is 0. The average Bonchev–Trinajstić information content (AvgIpc) is 2.45. The summed E-state index contributed by atoms with van der Waals surface area (Å²) in [6, 6.07) is 11.7. The minimum atomic E-state index is -3.76. The minimum Gasteiger partial charge on any atom is -0.474 e. The molecule has 8 heteroatoms. The van der Waals surface area contributed by atoms with E-state index in [4.69, 9.17) is 16.3 Å². The van der Waals surface area contributed by atoms with Crippen LogP contribution in [0.5, 0.6) is 5.75 Å². The van der Waals surface area contributed by atoms with E-state index >= 15 is 0 Å². The molecule has 0 radical (unpaired) electrons. The lowest BCUT2D eigenvalue weighted by molar-refractivity contribution is -0.126. The van der Waals surface area contributed by atoms with Crippen molar-refractivity contribution in [2.75, 3.05) is 6.26 Å². The predicted octanol–water partition coefficient (Wildman–Crippen LogP) is 2.68. The van der Waals surface area contributed by atoms with Crippen LogP contribution in [0.15, 0.2) is 48.5 Å². The molecule has 1 unspecified atom stereocenters. The number of amides is 1. The maximum atomic E-state index is 13.1. The van der Waals surface area contributed by atoms with Gasteiger partial charge < -0.3 is 4.74 Å². The van der Waals surface area contributed by atoms with Crippen molar-refractivity contribution < 1.29 is 22.3 Å². The molecule has 0 aromatic heterocycles. The summed E-state index contributed by atoms with van der Waals surface area (Å²) in [5, 5.41) is -0.0295. The maximum absolute atomic E-state index is 13.1. The van der Waals surface area contributed by atoms with Crippen LogP contribution in [0.3, 0.4) is 0 Å². The highest BCUT2D eigenvalue weighted by Gasteiger charge is 2.26. The number of ether oxygens (including phenoxy) is 1. The zero-order chi connectivity index (χ0) is 17.0. The van der Waals surface area contributed by atoms with Gasteiger partial charge in [-0.1, -0.05) is 41.9 Å². The van der Waals surface area contributed by atoms with Crippen LogP contribution in [0.4, 0.5) is 4.39 Å². The van der Waals surface area contributed by atoms with Gasteiger partial charge in [-0.05, 0) is 18.2 Å². The Labute approximate surface area is 138 Å². The van der Waals surface area contributed by atoms with Crippen molar-refractivity contribution in [1.29, 1.82) is 0 Å². The molecule has 23 heavy (non-hydrogen) atoms. The molecule has 2 rings (SSSR count). The number of halogens is 2. The van der Waals surface area contributed by atoms with E-state index in [-0.39, 0.29) is 10.8 Å². The number of nitrogens with one attached hydrogen (secondary N) is 1. The molecule has 0 fully saturated rings. The van der Waals surface area contributed by atoms with Gasteiger partial charge in [0, 0.05) is 5.56 Å². The average molecular weight is 358 g/mol. The Bertz CT molecular complexity index is 811. The van der Waals surface area contributed by atoms with E-state index in [0.717, 1.165) is 18.4 Å². The van der Waals surface area contributed by atoms with Crippen LogP contribution in [0, 0.1) is 5.82 Å². The van der Waals surface area contributed by atoms with Crippen LogP contribution in [0.25, 0.3) is 0 Å². The molecule has 1 amide bonds. The highest BCUT2D eigenvalue weighted by Crippen LogP contribution is 2.30. The first-order chi connectivity index (χ1) is 10.8. The SMILES string of the molecule is CS(=O)(=O)NC(=O)C(Oc1ccc(F)cc1Cl)c1ccccc1. The number of carbonyl (C=O) groups excluding carboxylic acids is 1. The molecule has 1 atom stereocenters. The first kappa shape index (κ1) is 17.2. The topological polar surface area (TPSA) is 72.5 Å². The molecule has 0 saturated heterocycles. The van der Waals surface area contributed by atoms with Crippen LogP contribution in [-0.2, 0) is 14.8 Å². The fourth-order valence-electron chi connectivity index (χ4n) is 1.83. The summed E-state index contributed by atoms with van der Waals surface area (Å²) in [5.74, 6) is -1.37. The van der Waals surface area contributed by atoms with Crippen molar-refractivity contribution in [2.45, 2.75) is 6.10 Å². The van der Waals surface area contributed by atoms with Crippen molar-refractivity contribution in [3.63, 3.8) is 0 Å². The first-order valence-corrected chi connectivity index (χ1v) is 8.71. The van der Waals surface area contributed by atoms with Crippen molar-refractivity contribution in [2.24, 2.45) is 0 Å². The van der Waals surface area contributed by atoms with Crippen molar-refractivity contribution in [1.82, 2.24) is 4.72 Å². The number of benzene rings is 2. The van der Waals surface area contributed by atoms with Gasteiger partial charge in [-0.3, -0.25) is 4.79 Å². The van der Waals surface area contributed by atoms with Gasteiger partial charge in [-0.15, -0.1) is 0 Å². The molecule has 0 bridgehead atoms. The van der Waals surface area contributed by atoms with Crippen molar-refractivity contribution >= 4 is 27.5 Å². The Hall–Kier alpha value is -2.12. The second-order valence-electron chi connectivity index (χ2n) is 4.72. The molecule has 0 aliphatic carbocycles. The smallest absolute Gasteiger partial charge is 0.279 e. The Balaban J connectivity index is 2.36. The lowest BCUT2D eigenvalue weighted by Gasteiger charge is -2.19. The van der Waals surface area contributed by atoms with Gasteiger partial charge in [0.1, 0.15) is 11.6 Å². The fraction of sp³-hybridized carbons (Fsp3) is 0.133. The van der Waals surface area contributed by atoms with Gasteiger partial charge in [0.15, 0.2) is 0 Å². The quantitative estimate of drug-likeness (QED) is 0.893. The van der Waals surface area contributed by atoms with Crippen LogP contribution >= 0.6 is 11.6 Å². The normalized spacial score (nSPS) is 12.5. The van der Waals surface area contributed by atoms with Gasteiger partial charge in [-0.2, -0.15) is 0 Å². The van der Waals surface area contributed by atoms with E-state index in [1.54, 1.807) is 30.3 Å². The van der Waals surface area contributed by atoms with Gasteiger partial charge in [0.05, 0.1) is 11.3 Å². The second kappa shape index (κ2) is 6.97. The van der Waals surface area contributed by atoms with E-state index in [2.05, 4.69) is 0 Å². The molecule has 2 aromatic rings. The minimum absolute atomic E-state index is 0.0295. The van der Waals surface area contributed by atoms with E-state index in [1.165, 1.54) is 6.07 Å². The molecular formula is C15H13ClFNO4S. The predicted molar refractivity (Wildman–Crippen MR) is 84.2 cm³/mol. The van der Waals surface area contributed by atoms with Crippen molar-refractivity contribution in [3.8, 4) is 5.75 Å². The lowest BCUT2D eigenvalue weighted by atomic mass is 10.1. The third-order valence-electron chi connectivity index (χ3n) is 2.77. The van der Waals surface area contributed by atoms with Gasteiger partial charge in [0.2, 0.25) is 16.1 Å². The van der Waals surface area contributed by atoms with Crippen LogP contribution in [0.1, 0.15) is 11.7 Å². The third kappa shape index (κ3) is 4.94. The summed E-state index contributed by atoms with van der Waals surface area (Å²) in [5.41, 5.74) is 0.425. The van der Waals surface area contributed by atoms with Crippen LogP contribution < -0.4 is 9.46 Å². The van der Waals surface area contributed by atoms with E-state index in [9.17, 15) is 17.6 Å². The number of hydrogen-bond donors (Lipinski definition) is 1. The second-order valence-corrected chi connectivity index (χ2v) is 6.88. The van der Waals surface area contributed by atoms with E-state index < -0.39 is 27.9 Å². The zero-order valence-corrected chi connectivity index (χ0v) is 13.6. The number of hydrogen-bond acceptors (Lipinski definition) is 4. The Morgan fingerprint density at radius 3 is 2.43 bits per heavy atom. The van der Waals surface area contributed by atoms with Gasteiger partial charge >= 0.3 is 0 Å². The Morgan fingerprint density at radius 2 is 1.87 bits per heavy atom. The fourth-order valence-corrected chi connectivity index (χ4v) is 2.52. The molecule has 0 aliphatic rings. The monoisotopic (exact) mass is 357 g/mol. The van der Waals surface area contributed by atoms with Crippen molar-refractivity contribution in [3.05, 3.63) is 64.9 Å².